The topological polar surface area (TPSA) is 41.6 Å². The maximum Gasteiger partial charge on any atom is 0.227 e. The molecule has 2 bridgehead atoms. The maximum absolute atomic E-state index is 13.4. The highest BCUT2D eigenvalue weighted by atomic mass is 19.1. The van der Waals surface area contributed by atoms with Gasteiger partial charge in [-0.2, -0.15) is 0 Å². The van der Waals surface area contributed by atoms with E-state index < -0.39 is 0 Å². The van der Waals surface area contributed by atoms with Crippen LogP contribution in [0.4, 0.5) is 10.1 Å². The Bertz CT molecular complexity index is 609. The fraction of sp³-hybridized carbons (Fsp3) is 0.611. The second kappa shape index (κ2) is 5.78. The SMILES string of the molecule is CC1CN(C(=O)CC2CC3CCC(C2)N3)c2ccc(F)cc2O1. The van der Waals surface area contributed by atoms with E-state index in [-0.39, 0.29) is 17.8 Å². The van der Waals surface area contributed by atoms with Crippen LogP contribution in [0.15, 0.2) is 18.2 Å². The van der Waals surface area contributed by atoms with Gasteiger partial charge in [0.05, 0.1) is 12.2 Å². The van der Waals surface area contributed by atoms with Crippen LogP contribution >= 0.6 is 0 Å². The number of fused-ring (bicyclic) bond motifs is 3. The molecule has 3 atom stereocenters. The number of amides is 1. The van der Waals surface area contributed by atoms with Crippen molar-refractivity contribution in [2.45, 2.75) is 57.2 Å². The molecule has 3 aliphatic heterocycles. The van der Waals surface area contributed by atoms with Crippen molar-refractivity contribution >= 4 is 11.6 Å². The molecule has 3 aliphatic rings. The van der Waals surface area contributed by atoms with Crippen LogP contribution in [-0.4, -0.2) is 30.6 Å². The fourth-order valence-electron chi connectivity index (χ4n) is 4.35. The van der Waals surface area contributed by atoms with Gasteiger partial charge in [-0.25, -0.2) is 4.39 Å². The molecule has 3 unspecified atom stereocenters. The van der Waals surface area contributed by atoms with Gasteiger partial charge in [0.15, 0.2) is 0 Å². The zero-order chi connectivity index (χ0) is 16.0. The first-order valence-corrected chi connectivity index (χ1v) is 8.61. The van der Waals surface area contributed by atoms with Gasteiger partial charge in [-0.3, -0.25) is 4.79 Å². The molecule has 0 spiro atoms. The Morgan fingerprint density at radius 2 is 2.09 bits per heavy atom. The van der Waals surface area contributed by atoms with Gasteiger partial charge < -0.3 is 15.0 Å². The van der Waals surface area contributed by atoms with Crippen LogP contribution in [-0.2, 0) is 4.79 Å². The van der Waals surface area contributed by atoms with Crippen LogP contribution < -0.4 is 15.0 Å². The summed E-state index contributed by atoms with van der Waals surface area (Å²) < 4.78 is 19.1. The maximum atomic E-state index is 13.4. The summed E-state index contributed by atoms with van der Waals surface area (Å²) in [6.07, 6.45) is 5.14. The fourth-order valence-corrected chi connectivity index (χ4v) is 4.35. The molecule has 5 heteroatoms. The molecular weight excluding hydrogens is 295 g/mol. The van der Waals surface area contributed by atoms with Crippen LogP contribution in [0.3, 0.4) is 0 Å². The van der Waals surface area contributed by atoms with E-state index in [0.29, 0.717) is 42.4 Å². The summed E-state index contributed by atoms with van der Waals surface area (Å²) in [6.45, 7) is 2.45. The lowest BCUT2D eigenvalue weighted by molar-refractivity contribution is -0.120. The first-order chi connectivity index (χ1) is 11.1. The van der Waals surface area contributed by atoms with Crippen molar-refractivity contribution in [3.63, 3.8) is 0 Å². The largest absolute Gasteiger partial charge is 0.487 e. The highest BCUT2D eigenvalue weighted by molar-refractivity contribution is 5.95. The van der Waals surface area contributed by atoms with Gasteiger partial charge in [0.25, 0.3) is 0 Å². The molecule has 2 saturated heterocycles. The van der Waals surface area contributed by atoms with E-state index in [0.717, 1.165) is 12.8 Å². The zero-order valence-corrected chi connectivity index (χ0v) is 13.4. The number of rotatable bonds is 2. The molecule has 124 valence electrons. The van der Waals surface area contributed by atoms with Gasteiger partial charge in [0.1, 0.15) is 17.7 Å². The monoisotopic (exact) mass is 318 g/mol. The van der Waals surface area contributed by atoms with Crippen molar-refractivity contribution in [1.82, 2.24) is 5.32 Å². The molecule has 1 amide bonds. The van der Waals surface area contributed by atoms with Gasteiger partial charge in [0, 0.05) is 24.6 Å². The van der Waals surface area contributed by atoms with Crippen LogP contribution in [0, 0.1) is 11.7 Å². The standard InChI is InChI=1S/C18H23FN2O2/c1-11-10-21(16-5-2-13(19)9-17(16)23-11)18(22)8-12-6-14-3-4-15(7-12)20-14/h2,5,9,11-12,14-15,20H,3-4,6-8,10H2,1H3. The Morgan fingerprint density at radius 1 is 1.35 bits per heavy atom. The van der Waals surface area contributed by atoms with Crippen molar-refractivity contribution in [3.05, 3.63) is 24.0 Å². The lowest BCUT2D eigenvalue weighted by atomic mass is 9.89. The van der Waals surface area contributed by atoms with Gasteiger partial charge in [-0.15, -0.1) is 0 Å². The van der Waals surface area contributed by atoms with Crippen molar-refractivity contribution in [2.24, 2.45) is 5.92 Å². The predicted molar refractivity (Wildman–Crippen MR) is 86.1 cm³/mol. The molecule has 1 aromatic rings. The van der Waals surface area contributed by atoms with E-state index in [2.05, 4.69) is 5.32 Å². The Morgan fingerprint density at radius 3 is 2.83 bits per heavy atom. The summed E-state index contributed by atoms with van der Waals surface area (Å²) in [4.78, 5) is 14.6. The minimum Gasteiger partial charge on any atom is -0.487 e. The van der Waals surface area contributed by atoms with E-state index in [1.54, 1.807) is 11.0 Å². The highest BCUT2D eigenvalue weighted by Gasteiger charge is 2.36. The number of carbonyl (C=O) groups excluding carboxylic acids is 1. The molecule has 23 heavy (non-hydrogen) atoms. The number of piperidine rings is 1. The van der Waals surface area contributed by atoms with Crippen molar-refractivity contribution in [3.8, 4) is 5.75 Å². The normalized spacial score (nSPS) is 32.3. The van der Waals surface area contributed by atoms with E-state index in [9.17, 15) is 9.18 Å². The van der Waals surface area contributed by atoms with Crippen molar-refractivity contribution in [1.29, 1.82) is 0 Å². The van der Waals surface area contributed by atoms with Crippen LogP contribution in [0.25, 0.3) is 0 Å². The minimum absolute atomic E-state index is 0.113. The molecule has 1 N–H and O–H groups in total. The van der Waals surface area contributed by atoms with Crippen molar-refractivity contribution in [2.75, 3.05) is 11.4 Å². The Hall–Kier alpha value is -1.62. The van der Waals surface area contributed by atoms with E-state index in [1.165, 1.54) is 25.0 Å². The first-order valence-electron chi connectivity index (χ1n) is 8.61. The van der Waals surface area contributed by atoms with E-state index in [1.807, 2.05) is 6.92 Å². The Balaban J connectivity index is 1.50. The molecule has 0 saturated carbocycles. The van der Waals surface area contributed by atoms with Gasteiger partial charge >= 0.3 is 0 Å². The number of nitrogens with zero attached hydrogens (tertiary/aromatic N) is 1. The number of nitrogens with one attached hydrogen (secondary N) is 1. The van der Waals surface area contributed by atoms with Gasteiger partial charge in [-0.05, 0) is 50.7 Å². The number of benzene rings is 1. The quantitative estimate of drug-likeness (QED) is 0.912. The van der Waals surface area contributed by atoms with Gasteiger partial charge in [-0.1, -0.05) is 0 Å². The number of ether oxygens (including phenoxy) is 1. The average Bonchev–Trinajstić information content (AvgIpc) is 2.84. The van der Waals surface area contributed by atoms with Gasteiger partial charge in [0.2, 0.25) is 5.91 Å². The summed E-state index contributed by atoms with van der Waals surface area (Å²) in [5.74, 6) is 0.741. The Labute approximate surface area is 136 Å². The summed E-state index contributed by atoms with van der Waals surface area (Å²) in [5.41, 5.74) is 0.700. The lowest BCUT2D eigenvalue weighted by Crippen LogP contribution is -2.44. The summed E-state index contributed by atoms with van der Waals surface area (Å²) >= 11 is 0. The molecule has 4 nitrogen and oxygen atoms in total. The highest BCUT2D eigenvalue weighted by Crippen LogP contribution is 2.37. The Kier molecular flexibility index (Phi) is 3.76. The molecule has 3 heterocycles. The molecule has 2 fully saturated rings. The summed E-state index contributed by atoms with van der Waals surface area (Å²) in [7, 11) is 0. The lowest BCUT2D eigenvalue weighted by Gasteiger charge is -2.35. The van der Waals surface area contributed by atoms with E-state index >= 15 is 0 Å². The second-order valence-corrected chi connectivity index (χ2v) is 7.22. The summed E-state index contributed by atoms with van der Waals surface area (Å²) in [5, 5.41) is 3.62. The number of hydrogen-bond acceptors (Lipinski definition) is 3. The third kappa shape index (κ3) is 2.94. The number of hydrogen-bond donors (Lipinski definition) is 1. The van der Waals surface area contributed by atoms with Crippen molar-refractivity contribution < 1.29 is 13.9 Å². The van der Waals surface area contributed by atoms with Crippen LogP contribution in [0.2, 0.25) is 0 Å². The van der Waals surface area contributed by atoms with E-state index in [4.69, 9.17) is 4.74 Å². The van der Waals surface area contributed by atoms with Crippen LogP contribution in [0.5, 0.6) is 5.75 Å². The molecule has 0 radical (unpaired) electrons. The first kappa shape index (κ1) is 14.9. The predicted octanol–water partition coefficient (Wildman–Crippen LogP) is 2.86. The third-order valence-corrected chi connectivity index (χ3v) is 5.32. The molecular formula is C18H23FN2O2. The number of halogens is 1. The zero-order valence-electron chi connectivity index (χ0n) is 13.4. The average molecular weight is 318 g/mol. The number of anilines is 1. The van der Waals surface area contributed by atoms with Crippen LogP contribution in [0.1, 0.15) is 39.0 Å². The smallest absolute Gasteiger partial charge is 0.227 e. The summed E-state index contributed by atoms with van der Waals surface area (Å²) in [6, 6.07) is 5.60. The minimum atomic E-state index is -0.333. The molecule has 1 aromatic carbocycles. The molecule has 4 rings (SSSR count). The number of carbonyl (C=O) groups is 1. The third-order valence-electron chi connectivity index (χ3n) is 5.32. The second-order valence-electron chi connectivity index (χ2n) is 7.22. The molecule has 0 aliphatic carbocycles. The molecule has 0 aromatic heterocycles.